The van der Waals surface area contributed by atoms with Gasteiger partial charge in [-0.1, -0.05) is 12.6 Å². The molecule has 132 valence electrons. The van der Waals surface area contributed by atoms with Crippen molar-refractivity contribution in [3.63, 3.8) is 0 Å². The fourth-order valence-corrected chi connectivity index (χ4v) is 3.74. The first-order valence-electron chi connectivity index (χ1n) is 7.88. The van der Waals surface area contributed by atoms with Crippen molar-refractivity contribution < 1.29 is 14.3 Å². The van der Waals surface area contributed by atoms with Gasteiger partial charge in [-0.3, -0.25) is 9.48 Å². The fourth-order valence-electron chi connectivity index (χ4n) is 2.66. The van der Waals surface area contributed by atoms with Crippen molar-refractivity contribution in [1.82, 2.24) is 9.78 Å². The number of nitrogens with zero attached hydrogens (tertiary/aromatic N) is 2. The first-order chi connectivity index (χ1) is 12.0. The molecule has 2 aromatic rings. The molecular weight excluding hydrogens is 338 g/mol. The second-order valence-corrected chi connectivity index (χ2v) is 7.06. The Morgan fingerprint density at radius 1 is 1.48 bits per heavy atom. The number of aryl methyl sites for hydroxylation is 1. The van der Waals surface area contributed by atoms with Crippen molar-refractivity contribution in [3.05, 3.63) is 47.7 Å². The summed E-state index contributed by atoms with van der Waals surface area (Å²) in [5.41, 5.74) is 2.96. The van der Waals surface area contributed by atoms with Crippen LogP contribution in [0.4, 0.5) is 5.82 Å². The van der Waals surface area contributed by atoms with E-state index in [4.69, 9.17) is 9.47 Å². The molecule has 1 aliphatic heterocycles. The molecular formula is C18H21N3O3S. The summed E-state index contributed by atoms with van der Waals surface area (Å²) in [5, 5.41) is 7.19. The van der Waals surface area contributed by atoms with Crippen LogP contribution in [0, 0.1) is 0 Å². The maximum Gasteiger partial charge on any atom is 0.235 e. The van der Waals surface area contributed by atoms with Gasteiger partial charge in [0.2, 0.25) is 5.91 Å². The Labute approximate surface area is 151 Å². The Morgan fingerprint density at radius 3 is 3.00 bits per heavy atom. The highest BCUT2D eigenvalue weighted by molar-refractivity contribution is 8.00. The minimum absolute atomic E-state index is 0.00765. The van der Waals surface area contributed by atoms with Gasteiger partial charge in [0, 0.05) is 12.6 Å². The van der Waals surface area contributed by atoms with Gasteiger partial charge >= 0.3 is 0 Å². The zero-order valence-corrected chi connectivity index (χ0v) is 15.4. The van der Waals surface area contributed by atoms with Gasteiger partial charge in [-0.25, -0.2) is 0 Å². The van der Waals surface area contributed by atoms with Crippen molar-refractivity contribution in [2.75, 3.05) is 24.8 Å². The van der Waals surface area contributed by atoms with E-state index >= 15 is 0 Å². The molecule has 1 atom stereocenters. The molecule has 0 spiro atoms. The normalized spacial score (nSPS) is 16.6. The Kier molecular flexibility index (Phi) is 5.03. The van der Waals surface area contributed by atoms with Gasteiger partial charge in [0.15, 0.2) is 11.5 Å². The summed E-state index contributed by atoms with van der Waals surface area (Å²) in [6.07, 6.45) is 1.80. The SMILES string of the molecule is C=C(C)COc1ccc(C2SCC(=O)Nc3c2cnn3C)cc1OC. The van der Waals surface area contributed by atoms with Crippen LogP contribution in [-0.4, -0.2) is 35.2 Å². The van der Waals surface area contributed by atoms with Crippen LogP contribution in [0.3, 0.4) is 0 Å². The highest BCUT2D eigenvalue weighted by atomic mass is 32.2. The Hall–Kier alpha value is -2.41. The third-order valence-corrected chi connectivity index (χ3v) is 5.14. The van der Waals surface area contributed by atoms with E-state index in [1.807, 2.05) is 32.2 Å². The van der Waals surface area contributed by atoms with E-state index in [2.05, 4.69) is 17.0 Å². The van der Waals surface area contributed by atoms with Crippen LogP contribution in [0.2, 0.25) is 0 Å². The van der Waals surface area contributed by atoms with Gasteiger partial charge in [-0.15, -0.1) is 11.8 Å². The molecule has 0 saturated carbocycles. The number of methoxy groups -OCH3 is 1. The molecule has 7 heteroatoms. The number of nitrogens with one attached hydrogen (secondary N) is 1. The van der Waals surface area contributed by atoms with Gasteiger partial charge in [-0.2, -0.15) is 5.10 Å². The van der Waals surface area contributed by atoms with Crippen LogP contribution in [0.25, 0.3) is 0 Å². The second-order valence-electron chi connectivity index (χ2n) is 5.97. The first kappa shape index (κ1) is 17.4. The number of anilines is 1. The number of thioether (sulfide) groups is 1. The molecule has 1 aliphatic rings. The summed E-state index contributed by atoms with van der Waals surface area (Å²) in [5.74, 6) is 2.43. The zero-order valence-electron chi connectivity index (χ0n) is 14.5. The van der Waals surface area contributed by atoms with E-state index < -0.39 is 0 Å². The summed E-state index contributed by atoms with van der Waals surface area (Å²) in [4.78, 5) is 12.0. The molecule has 6 nitrogen and oxygen atoms in total. The van der Waals surface area contributed by atoms with Crippen LogP contribution in [-0.2, 0) is 11.8 Å². The van der Waals surface area contributed by atoms with Gasteiger partial charge in [0.1, 0.15) is 12.4 Å². The van der Waals surface area contributed by atoms with E-state index in [0.29, 0.717) is 23.9 Å². The summed E-state index contributed by atoms with van der Waals surface area (Å²) >= 11 is 1.57. The van der Waals surface area contributed by atoms with Crippen molar-refractivity contribution >= 4 is 23.5 Å². The highest BCUT2D eigenvalue weighted by Crippen LogP contribution is 2.43. The lowest BCUT2D eigenvalue weighted by molar-refractivity contribution is -0.113. The number of hydrogen-bond acceptors (Lipinski definition) is 5. The molecule has 1 amide bonds. The molecule has 1 unspecified atom stereocenters. The summed E-state index contributed by atoms with van der Waals surface area (Å²) in [7, 11) is 3.44. The number of fused-ring (bicyclic) bond motifs is 1. The topological polar surface area (TPSA) is 65.4 Å². The fraction of sp³-hybridized carbons (Fsp3) is 0.333. The summed E-state index contributed by atoms with van der Waals surface area (Å²) < 4.78 is 12.9. The second kappa shape index (κ2) is 7.23. The predicted molar refractivity (Wildman–Crippen MR) is 99.4 cm³/mol. The van der Waals surface area contributed by atoms with Crippen molar-refractivity contribution in [1.29, 1.82) is 0 Å². The summed E-state index contributed by atoms with van der Waals surface area (Å²) in [6.45, 7) is 6.20. The largest absolute Gasteiger partial charge is 0.493 e. The molecule has 0 saturated heterocycles. The van der Waals surface area contributed by atoms with Crippen LogP contribution < -0.4 is 14.8 Å². The van der Waals surface area contributed by atoms with E-state index in [1.165, 1.54) is 0 Å². The van der Waals surface area contributed by atoms with Gasteiger partial charge in [0.25, 0.3) is 0 Å². The van der Waals surface area contributed by atoms with Gasteiger partial charge < -0.3 is 14.8 Å². The van der Waals surface area contributed by atoms with Gasteiger partial charge in [0.05, 0.1) is 24.3 Å². The lowest BCUT2D eigenvalue weighted by atomic mass is 10.1. The maximum atomic E-state index is 12.0. The van der Waals surface area contributed by atoms with Crippen molar-refractivity contribution in [2.45, 2.75) is 12.2 Å². The van der Waals surface area contributed by atoms with Crippen LogP contribution in [0.5, 0.6) is 11.5 Å². The smallest absolute Gasteiger partial charge is 0.235 e. The number of carbonyl (C=O) groups excluding carboxylic acids is 1. The van der Waals surface area contributed by atoms with Crippen LogP contribution in [0.15, 0.2) is 36.5 Å². The Morgan fingerprint density at radius 2 is 2.28 bits per heavy atom. The van der Waals surface area contributed by atoms with Crippen molar-refractivity contribution in [2.24, 2.45) is 7.05 Å². The zero-order chi connectivity index (χ0) is 18.0. The van der Waals surface area contributed by atoms with Gasteiger partial charge in [-0.05, 0) is 30.2 Å². The molecule has 1 aromatic heterocycles. The third-order valence-electron chi connectivity index (χ3n) is 3.85. The average Bonchev–Trinajstić information content (AvgIpc) is 2.85. The number of hydrogen-bond donors (Lipinski definition) is 1. The number of carbonyl (C=O) groups is 1. The molecule has 1 N–H and O–H groups in total. The van der Waals surface area contributed by atoms with E-state index in [9.17, 15) is 4.79 Å². The highest BCUT2D eigenvalue weighted by Gasteiger charge is 2.27. The molecule has 3 rings (SSSR count). The lowest BCUT2D eigenvalue weighted by Crippen LogP contribution is -2.15. The molecule has 0 fully saturated rings. The number of benzene rings is 1. The maximum absolute atomic E-state index is 12.0. The summed E-state index contributed by atoms with van der Waals surface area (Å²) in [6, 6.07) is 5.85. The third kappa shape index (κ3) is 3.66. The van der Waals surface area contributed by atoms with Crippen molar-refractivity contribution in [3.8, 4) is 11.5 Å². The minimum atomic E-state index is -0.0225. The monoisotopic (exact) mass is 359 g/mol. The Balaban J connectivity index is 1.95. The van der Waals surface area contributed by atoms with E-state index in [0.717, 1.165) is 22.5 Å². The minimum Gasteiger partial charge on any atom is -0.493 e. The molecule has 0 radical (unpaired) electrons. The van der Waals surface area contributed by atoms with E-state index in [1.54, 1.807) is 29.8 Å². The molecule has 25 heavy (non-hydrogen) atoms. The predicted octanol–water partition coefficient (Wildman–Crippen LogP) is 3.16. The first-order valence-corrected chi connectivity index (χ1v) is 8.93. The number of rotatable bonds is 5. The molecule has 1 aromatic carbocycles. The van der Waals surface area contributed by atoms with E-state index in [-0.39, 0.29) is 11.2 Å². The number of ether oxygens (including phenoxy) is 2. The van der Waals surface area contributed by atoms with Crippen LogP contribution in [0.1, 0.15) is 23.3 Å². The standard InChI is InChI=1S/C18H21N3O3S/c1-11(2)9-24-14-6-5-12(7-15(14)23-4)17-13-8-19-21(3)18(13)20-16(22)10-25-17/h5-8,17H,1,9-10H2,2-4H3,(H,20,22). The number of amides is 1. The molecule has 0 bridgehead atoms. The lowest BCUT2D eigenvalue weighted by Gasteiger charge is -2.17. The Bertz CT molecular complexity index is 816. The quantitative estimate of drug-likeness (QED) is 0.831. The van der Waals surface area contributed by atoms with Crippen LogP contribution >= 0.6 is 11.8 Å². The number of aromatic nitrogens is 2. The molecule has 2 heterocycles. The molecule has 0 aliphatic carbocycles. The average molecular weight is 359 g/mol.